The van der Waals surface area contributed by atoms with Crippen LogP contribution in [-0.2, 0) is 4.74 Å². The summed E-state index contributed by atoms with van der Waals surface area (Å²) in [6, 6.07) is 7.51. The highest BCUT2D eigenvalue weighted by Crippen LogP contribution is 2.52. The summed E-state index contributed by atoms with van der Waals surface area (Å²) in [6.07, 6.45) is 1.56. The number of halogens is 1. The van der Waals surface area contributed by atoms with Crippen molar-refractivity contribution in [3.05, 3.63) is 35.6 Å². The van der Waals surface area contributed by atoms with Gasteiger partial charge in [-0.25, -0.2) is 4.39 Å². The summed E-state index contributed by atoms with van der Waals surface area (Å²) in [4.78, 5) is 0. The van der Waals surface area contributed by atoms with Crippen molar-refractivity contribution < 1.29 is 9.13 Å². The standard InChI is InChI=1S/C16H22FNO/c1-10(11-4-6-12(17)7-5-11)18-14-13-8-9-19-15(13)16(14,2)3/h4-7,10,13-15,18H,8-9H2,1-3H3/t10-,13?,14?,15?/m0/s1. The Balaban J connectivity index is 1.69. The number of hydrogen-bond donors (Lipinski definition) is 1. The second kappa shape index (κ2) is 4.57. The molecule has 3 unspecified atom stereocenters. The van der Waals surface area contributed by atoms with E-state index in [1.807, 2.05) is 12.1 Å². The highest BCUT2D eigenvalue weighted by Gasteiger charge is 2.59. The van der Waals surface area contributed by atoms with Crippen molar-refractivity contribution in [3.63, 3.8) is 0 Å². The number of nitrogens with one attached hydrogen (secondary N) is 1. The first-order valence-corrected chi connectivity index (χ1v) is 7.13. The Morgan fingerprint density at radius 3 is 2.68 bits per heavy atom. The zero-order valence-electron chi connectivity index (χ0n) is 11.8. The lowest BCUT2D eigenvalue weighted by Crippen LogP contribution is -2.66. The van der Waals surface area contributed by atoms with Crippen LogP contribution in [0, 0.1) is 17.2 Å². The van der Waals surface area contributed by atoms with Gasteiger partial charge < -0.3 is 10.1 Å². The van der Waals surface area contributed by atoms with Gasteiger partial charge in [0.2, 0.25) is 0 Å². The smallest absolute Gasteiger partial charge is 0.123 e. The number of benzene rings is 1. The van der Waals surface area contributed by atoms with Gasteiger partial charge in [0.1, 0.15) is 5.82 Å². The van der Waals surface area contributed by atoms with Crippen LogP contribution in [0.3, 0.4) is 0 Å². The summed E-state index contributed by atoms with van der Waals surface area (Å²) in [5.74, 6) is 0.460. The van der Waals surface area contributed by atoms with E-state index >= 15 is 0 Å². The lowest BCUT2D eigenvalue weighted by atomic mass is 9.57. The van der Waals surface area contributed by atoms with Crippen molar-refractivity contribution in [3.8, 4) is 0 Å². The van der Waals surface area contributed by atoms with Crippen molar-refractivity contribution in [2.24, 2.45) is 11.3 Å². The molecule has 0 amide bonds. The van der Waals surface area contributed by atoms with E-state index in [1.54, 1.807) is 0 Å². The fourth-order valence-corrected chi connectivity index (χ4v) is 3.78. The van der Waals surface area contributed by atoms with Crippen LogP contribution in [-0.4, -0.2) is 18.8 Å². The number of fused-ring (bicyclic) bond motifs is 1. The SMILES string of the molecule is C[C@H](NC1C2CCOC2C1(C)C)c1ccc(F)cc1. The van der Waals surface area contributed by atoms with Crippen molar-refractivity contribution in [1.82, 2.24) is 5.32 Å². The molecule has 104 valence electrons. The van der Waals surface area contributed by atoms with Crippen LogP contribution in [0.15, 0.2) is 24.3 Å². The van der Waals surface area contributed by atoms with Crippen LogP contribution >= 0.6 is 0 Å². The average molecular weight is 263 g/mol. The monoisotopic (exact) mass is 263 g/mol. The Hall–Kier alpha value is -0.930. The Labute approximate surface area is 114 Å². The fourth-order valence-electron chi connectivity index (χ4n) is 3.78. The van der Waals surface area contributed by atoms with E-state index in [-0.39, 0.29) is 17.3 Å². The maximum atomic E-state index is 13.0. The van der Waals surface area contributed by atoms with E-state index in [0.717, 1.165) is 18.6 Å². The Bertz CT molecular complexity index is 456. The predicted molar refractivity (Wildman–Crippen MR) is 73.4 cm³/mol. The topological polar surface area (TPSA) is 21.3 Å². The van der Waals surface area contributed by atoms with Crippen LogP contribution in [0.25, 0.3) is 0 Å². The van der Waals surface area contributed by atoms with Gasteiger partial charge in [-0.3, -0.25) is 0 Å². The molecule has 2 fully saturated rings. The minimum atomic E-state index is -0.177. The third-order valence-corrected chi connectivity index (χ3v) is 4.90. The summed E-state index contributed by atoms with van der Waals surface area (Å²) >= 11 is 0. The van der Waals surface area contributed by atoms with Crippen molar-refractivity contribution >= 4 is 0 Å². The molecule has 0 aromatic heterocycles. The summed E-state index contributed by atoms with van der Waals surface area (Å²) in [5, 5.41) is 3.71. The Morgan fingerprint density at radius 1 is 1.32 bits per heavy atom. The highest BCUT2D eigenvalue weighted by molar-refractivity contribution is 5.21. The van der Waals surface area contributed by atoms with E-state index in [4.69, 9.17) is 4.74 Å². The summed E-state index contributed by atoms with van der Waals surface area (Å²) in [6.45, 7) is 7.58. The quantitative estimate of drug-likeness (QED) is 0.903. The van der Waals surface area contributed by atoms with E-state index in [9.17, 15) is 4.39 Å². The van der Waals surface area contributed by atoms with E-state index in [1.165, 1.54) is 12.1 Å². The molecule has 2 nitrogen and oxygen atoms in total. The molecule has 4 atom stereocenters. The summed E-state index contributed by atoms with van der Waals surface area (Å²) in [5.41, 5.74) is 1.33. The van der Waals surface area contributed by atoms with Gasteiger partial charge in [-0.05, 0) is 31.0 Å². The summed E-state index contributed by atoms with van der Waals surface area (Å²) in [7, 11) is 0. The van der Waals surface area contributed by atoms with E-state index < -0.39 is 0 Å². The van der Waals surface area contributed by atoms with E-state index in [2.05, 4.69) is 26.1 Å². The maximum Gasteiger partial charge on any atom is 0.123 e. The fraction of sp³-hybridized carbons (Fsp3) is 0.625. The number of hydrogen-bond acceptors (Lipinski definition) is 2. The lowest BCUT2D eigenvalue weighted by Gasteiger charge is -2.55. The van der Waals surface area contributed by atoms with Crippen LogP contribution in [0.5, 0.6) is 0 Å². The second-order valence-corrected chi connectivity index (χ2v) is 6.48. The molecule has 3 rings (SSSR count). The highest BCUT2D eigenvalue weighted by atomic mass is 19.1. The van der Waals surface area contributed by atoms with Gasteiger partial charge in [0.25, 0.3) is 0 Å². The predicted octanol–water partition coefficient (Wildman–Crippen LogP) is 3.29. The van der Waals surface area contributed by atoms with Gasteiger partial charge in [-0.1, -0.05) is 26.0 Å². The van der Waals surface area contributed by atoms with Crippen LogP contribution in [0.2, 0.25) is 0 Å². The third kappa shape index (κ3) is 2.09. The molecule has 19 heavy (non-hydrogen) atoms. The van der Waals surface area contributed by atoms with Gasteiger partial charge in [0.15, 0.2) is 0 Å². The molecule has 1 saturated heterocycles. The minimum absolute atomic E-state index is 0.177. The first-order valence-electron chi connectivity index (χ1n) is 7.13. The van der Waals surface area contributed by atoms with Crippen LogP contribution < -0.4 is 5.32 Å². The van der Waals surface area contributed by atoms with Gasteiger partial charge >= 0.3 is 0 Å². The molecule has 1 N–H and O–H groups in total. The Kier molecular flexibility index (Phi) is 3.14. The van der Waals surface area contributed by atoms with Gasteiger partial charge in [0.05, 0.1) is 6.10 Å². The number of rotatable bonds is 3. The lowest BCUT2D eigenvalue weighted by molar-refractivity contribution is -0.115. The molecule has 1 aromatic rings. The molecule has 1 aliphatic heterocycles. The van der Waals surface area contributed by atoms with E-state index in [0.29, 0.717) is 18.1 Å². The molecule has 1 aliphatic carbocycles. The number of ether oxygens (including phenoxy) is 1. The molecule has 2 aliphatic rings. The summed E-state index contributed by atoms with van der Waals surface area (Å²) < 4.78 is 18.8. The van der Waals surface area contributed by atoms with Gasteiger partial charge in [-0.2, -0.15) is 0 Å². The molecule has 3 heteroatoms. The first-order chi connectivity index (χ1) is 9.00. The molecule has 1 aromatic carbocycles. The zero-order valence-corrected chi connectivity index (χ0v) is 11.8. The van der Waals surface area contributed by atoms with Gasteiger partial charge in [0, 0.05) is 30.0 Å². The molecule has 0 bridgehead atoms. The molecular formula is C16H22FNO. The second-order valence-electron chi connectivity index (χ2n) is 6.48. The molecule has 0 spiro atoms. The molecule has 0 radical (unpaired) electrons. The average Bonchev–Trinajstić information content (AvgIpc) is 2.83. The maximum absolute atomic E-state index is 13.0. The first kappa shape index (κ1) is 13.1. The molecule has 1 saturated carbocycles. The third-order valence-electron chi connectivity index (χ3n) is 4.90. The van der Waals surface area contributed by atoms with Crippen molar-refractivity contribution in [1.29, 1.82) is 0 Å². The van der Waals surface area contributed by atoms with Crippen LogP contribution in [0.1, 0.15) is 38.8 Å². The largest absolute Gasteiger partial charge is 0.377 e. The van der Waals surface area contributed by atoms with Crippen molar-refractivity contribution in [2.75, 3.05) is 6.61 Å². The molecular weight excluding hydrogens is 241 g/mol. The van der Waals surface area contributed by atoms with Gasteiger partial charge in [-0.15, -0.1) is 0 Å². The minimum Gasteiger partial charge on any atom is -0.377 e. The zero-order chi connectivity index (χ0) is 13.6. The van der Waals surface area contributed by atoms with Crippen molar-refractivity contribution in [2.45, 2.75) is 45.4 Å². The molecule has 1 heterocycles. The Morgan fingerprint density at radius 2 is 2.00 bits per heavy atom. The normalized spacial score (nSPS) is 33.6. The van der Waals surface area contributed by atoms with Crippen LogP contribution in [0.4, 0.5) is 4.39 Å².